The lowest BCUT2D eigenvalue weighted by molar-refractivity contribution is 0.0513. The van der Waals surface area contributed by atoms with Crippen LogP contribution in [0.15, 0.2) is 12.2 Å². The number of hydrogen-bond donors (Lipinski definition) is 1. The van der Waals surface area contributed by atoms with Crippen molar-refractivity contribution in [2.24, 2.45) is 0 Å². The number of hydrogen-bond acceptors (Lipinski definition) is 5. The molecular formula is C12H23NO5S. The number of rotatable bonds is 6. The van der Waals surface area contributed by atoms with Crippen molar-refractivity contribution in [3.63, 3.8) is 0 Å². The zero-order valence-corrected chi connectivity index (χ0v) is 12.9. The molecule has 0 fully saturated rings. The predicted octanol–water partition coefficient (Wildman–Crippen LogP) is 1.82. The summed E-state index contributed by atoms with van der Waals surface area (Å²) in [6, 6.07) is -0.224. The number of amides is 1. The van der Waals surface area contributed by atoms with Crippen LogP contribution in [-0.4, -0.2) is 39.0 Å². The van der Waals surface area contributed by atoms with Crippen molar-refractivity contribution in [3.8, 4) is 0 Å². The van der Waals surface area contributed by atoms with Crippen LogP contribution in [0.2, 0.25) is 0 Å². The fourth-order valence-electron chi connectivity index (χ4n) is 1.13. The van der Waals surface area contributed by atoms with E-state index in [9.17, 15) is 13.2 Å². The Bertz CT molecular complexity index is 408. The molecule has 0 spiro atoms. The van der Waals surface area contributed by atoms with E-state index in [4.69, 9.17) is 4.74 Å². The Balaban J connectivity index is 4.21. The summed E-state index contributed by atoms with van der Waals surface area (Å²) in [7, 11) is -3.44. The Morgan fingerprint density at radius 2 is 1.95 bits per heavy atom. The molecule has 0 aromatic carbocycles. The molecule has 1 N–H and O–H groups in total. The molecule has 0 saturated heterocycles. The minimum Gasteiger partial charge on any atom is -0.444 e. The van der Waals surface area contributed by atoms with Gasteiger partial charge in [0.15, 0.2) is 0 Å². The largest absolute Gasteiger partial charge is 0.444 e. The average Bonchev–Trinajstić information content (AvgIpc) is 2.18. The molecule has 0 heterocycles. The molecule has 0 radical (unpaired) electrons. The summed E-state index contributed by atoms with van der Waals surface area (Å²) in [6.07, 6.45) is 4.36. The summed E-state index contributed by atoms with van der Waals surface area (Å²) in [5.41, 5.74) is -0.550. The first-order valence-electron chi connectivity index (χ1n) is 6.04. The number of alkyl carbamates (subject to hydrolysis) is 1. The van der Waals surface area contributed by atoms with E-state index in [-0.39, 0.29) is 12.6 Å². The third-order valence-corrected chi connectivity index (χ3v) is 2.45. The van der Waals surface area contributed by atoms with Crippen LogP contribution < -0.4 is 5.32 Å². The lowest BCUT2D eigenvalue weighted by atomic mass is 10.2. The van der Waals surface area contributed by atoms with Gasteiger partial charge in [-0.25, -0.2) is 4.79 Å². The van der Waals surface area contributed by atoms with E-state index in [0.717, 1.165) is 6.26 Å². The highest BCUT2D eigenvalue weighted by molar-refractivity contribution is 7.85. The second kappa shape index (κ2) is 7.49. The summed E-state index contributed by atoms with van der Waals surface area (Å²) < 4.78 is 31.1. The summed E-state index contributed by atoms with van der Waals surface area (Å²) in [4.78, 5) is 11.5. The Hall–Kier alpha value is -1.08. The van der Waals surface area contributed by atoms with Crippen LogP contribution in [0, 0.1) is 0 Å². The number of nitrogens with one attached hydrogen (secondary N) is 1. The minimum absolute atomic E-state index is 0.0503. The number of carbonyl (C=O) groups excluding carboxylic acids is 1. The number of ether oxygens (including phenoxy) is 1. The van der Waals surface area contributed by atoms with E-state index in [2.05, 4.69) is 9.50 Å². The van der Waals surface area contributed by atoms with Gasteiger partial charge in [0, 0.05) is 0 Å². The molecule has 6 nitrogen and oxygen atoms in total. The average molecular weight is 293 g/mol. The minimum atomic E-state index is -3.44. The molecule has 1 atom stereocenters. The fraction of sp³-hybridized carbons (Fsp3) is 0.750. The van der Waals surface area contributed by atoms with Crippen LogP contribution in [0.25, 0.3) is 0 Å². The predicted molar refractivity (Wildman–Crippen MR) is 73.4 cm³/mol. The maximum Gasteiger partial charge on any atom is 0.408 e. The summed E-state index contributed by atoms with van der Waals surface area (Å²) in [6.45, 7) is 7.19. The van der Waals surface area contributed by atoms with Crippen LogP contribution in [0.3, 0.4) is 0 Å². The van der Waals surface area contributed by atoms with Crippen molar-refractivity contribution in [3.05, 3.63) is 12.2 Å². The Morgan fingerprint density at radius 1 is 1.37 bits per heavy atom. The van der Waals surface area contributed by atoms with Gasteiger partial charge in [-0.05, 0) is 27.2 Å². The van der Waals surface area contributed by atoms with Gasteiger partial charge in [-0.1, -0.05) is 19.1 Å². The highest BCUT2D eigenvalue weighted by atomic mass is 32.2. The van der Waals surface area contributed by atoms with E-state index < -0.39 is 21.8 Å². The van der Waals surface area contributed by atoms with E-state index in [1.807, 2.05) is 6.92 Å². The maximum atomic E-state index is 11.5. The highest BCUT2D eigenvalue weighted by Crippen LogP contribution is 2.07. The first-order valence-corrected chi connectivity index (χ1v) is 7.85. The summed E-state index contributed by atoms with van der Waals surface area (Å²) in [5, 5.41) is 2.67. The van der Waals surface area contributed by atoms with Crippen LogP contribution in [0.4, 0.5) is 4.79 Å². The molecule has 0 bridgehead atoms. The van der Waals surface area contributed by atoms with Gasteiger partial charge in [0.1, 0.15) is 5.60 Å². The normalized spacial score (nSPS) is 14.4. The van der Waals surface area contributed by atoms with Gasteiger partial charge in [0.25, 0.3) is 10.1 Å². The second-order valence-electron chi connectivity index (χ2n) is 5.08. The first-order chi connectivity index (χ1) is 8.53. The molecule has 0 aromatic heterocycles. The Kier molecular flexibility index (Phi) is 7.07. The van der Waals surface area contributed by atoms with Crippen molar-refractivity contribution in [2.45, 2.75) is 45.8 Å². The van der Waals surface area contributed by atoms with E-state index in [1.165, 1.54) is 0 Å². The van der Waals surface area contributed by atoms with Crippen LogP contribution in [0.5, 0.6) is 0 Å². The van der Waals surface area contributed by atoms with Gasteiger partial charge in [-0.3, -0.25) is 4.18 Å². The molecule has 0 rings (SSSR count). The van der Waals surface area contributed by atoms with Crippen molar-refractivity contribution in [2.75, 3.05) is 12.9 Å². The summed E-state index contributed by atoms with van der Waals surface area (Å²) in [5.74, 6) is 0. The van der Waals surface area contributed by atoms with Gasteiger partial charge < -0.3 is 10.1 Å². The van der Waals surface area contributed by atoms with Gasteiger partial charge in [-0.15, -0.1) is 0 Å². The molecule has 0 aliphatic heterocycles. The van der Waals surface area contributed by atoms with Crippen molar-refractivity contribution < 1.29 is 22.1 Å². The molecule has 0 aliphatic carbocycles. The zero-order valence-electron chi connectivity index (χ0n) is 12.1. The fourth-order valence-corrected chi connectivity index (χ4v) is 1.45. The molecule has 0 aromatic rings. The lowest BCUT2D eigenvalue weighted by Crippen LogP contribution is -2.37. The maximum absolute atomic E-state index is 11.5. The topological polar surface area (TPSA) is 81.7 Å². The zero-order chi connectivity index (χ0) is 15.1. The smallest absolute Gasteiger partial charge is 0.408 e. The molecular weight excluding hydrogens is 270 g/mol. The molecule has 0 aliphatic rings. The van der Waals surface area contributed by atoms with Gasteiger partial charge in [0.2, 0.25) is 0 Å². The van der Waals surface area contributed by atoms with E-state index in [1.54, 1.807) is 32.9 Å². The van der Waals surface area contributed by atoms with Gasteiger partial charge in [-0.2, -0.15) is 8.42 Å². The summed E-state index contributed by atoms with van der Waals surface area (Å²) >= 11 is 0. The van der Waals surface area contributed by atoms with Crippen molar-refractivity contribution in [1.82, 2.24) is 5.32 Å². The van der Waals surface area contributed by atoms with E-state index in [0.29, 0.717) is 6.42 Å². The molecule has 112 valence electrons. The Morgan fingerprint density at radius 3 is 2.37 bits per heavy atom. The first kappa shape index (κ1) is 17.9. The van der Waals surface area contributed by atoms with Crippen molar-refractivity contribution >= 4 is 16.2 Å². The third kappa shape index (κ3) is 11.7. The van der Waals surface area contributed by atoms with Crippen molar-refractivity contribution in [1.29, 1.82) is 0 Å². The highest BCUT2D eigenvalue weighted by Gasteiger charge is 2.17. The van der Waals surface area contributed by atoms with E-state index >= 15 is 0 Å². The quantitative estimate of drug-likeness (QED) is 0.596. The lowest BCUT2D eigenvalue weighted by Gasteiger charge is -2.21. The van der Waals surface area contributed by atoms with Crippen LogP contribution in [-0.2, 0) is 19.0 Å². The molecule has 0 unspecified atom stereocenters. The Labute approximate surface area is 115 Å². The molecule has 0 saturated carbocycles. The molecule has 7 heteroatoms. The van der Waals surface area contributed by atoms with Gasteiger partial charge >= 0.3 is 6.09 Å². The van der Waals surface area contributed by atoms with Crippen LogP contribution >= 0.6 is 0 Å². The van der Waals surface area contributed by atoms with Gasteiger partial charge in [0.05, 0.1) is 18.9 Å². The third-order valence-electron chi connectivity index (χ3n) is 1.89. The standard InChI is InChI=1S/C12H23NO5S/c1-6-10(8-7-9-17-19(5,15)16)13-11(14)18-12(2,3)4/h7-8,10H,6,9H2,1-5H3,(H,13,14)/b8-7+/t10-/m0/s1. The van der Waals surface area contributed by atoms with Crippen LogP contribution in [0.1, 0.15) is 34.1 Å². The number of carbonyl (C=O) groups is 1. The molecule has 19 heavy (non-hydrogen) atoms. The second-order valence-corrected chi connectivity index (χ2v) is 6.72. The monoisotopic (exact) mass is 293 g/mol. The molecule has 1 amide bonds. The SMILES string of the molecule is CC[C@@H](/C=C/COS(C)(=O)=O)NC(=O)OC(C)(C)C.